The molecule has 0 aliphatic rings. The number of oxazole rings is 1. The third-order valence-electron chi connectivity index (χ3n) is 3.42. The van der Waals surface area contributed by atoms with E-state index in [4.69, 9.17) is 9.40 Å². The molecule has 23 heavy (non-hydrogen) atoms. The first kappa shape index (κ1) is 17.3. The van der Waals surface area contributed by atoms with Gasteiger partial charge < -0.3 is 9.73 Å². The van der Waals surface area contributed by atoms with Crippen LogP contribution in [0.1, 0.15) is 19.7 Å². The van der Waals surface area contributed by atoms with E-state index in [1.165, 1.54) is 0 Å². The Bertz CT molecular complexity index is 667. The highest BCUT2D eigenvalue weighted by Gasteiger charge is 2.16. The van der Waals surface area contributed by atoms with E-state index in [-0.39, 0.29) is 12.4 Å². The van der Waals surface area contributed by atoms with Gasteiger partial charge in [-0.25, -0.2) is 4.98 Å². The van der Waals surface area contributed by atoms with Crippen LogP contribution >= 0.6 is 12.4 Å². The van der Waals surface area contributed by atoms with Crippen molar-refractivity contribution < 1.29 is 4.42 Å². The van der Waals surface area contributed by atoms with E-state index in [9.17, 15) is 0 Å². The van der Waals surface area contributed by atoms with Crippen molar-refractivity contribution in [2.75, 3.05) is 0 Å². The minimum Gasteiger partial charge on any atom is -0.439 e. The predicted molar refractivity (Wildman–Crippen MR) is 96.6 cm³/mol. The Balaban J connectivity index is 0.00000192. The minimum absolute atomic E-state index is 0. The van der Waals surface area contributed by atoms with Crippen molar-refractivity contribution in [1.82, 2.24) is 10.3 Å². The number of halogens is 1. The zero-order valence-corrected chi connectivity index (χ0v) is 14.1. The second-order valence-electron chi connectivity index (χ2n) is 5.55. The van der Waals surface area contributed by atoms with Crippen molar-refractivity contribution in [1.29, 1.82) is 0 Å². The summed E-state index contributed by atoms with van der Waals surface area (Å²) in [4.78, 5) is 4.70. The van der Waals surface area contributed by atoms with Crippen molar-refractivity contribution >= 4 is 12.4 Å². The highest BCUT2D eigenvalue weighted by molar-refractivity contribution is 5.85. The molecule has 120 valence electrons. The first-order valence-electron chi connectivity index (χ1n) is 7.58. The molecule has 3 rings (SSSR count). The zero-order chi connectivity index (χ0) is 15.4. The molecule has 0 amide bonds. The van der Waals surface area contributed by atoms with Crippen LogP contribution in [0.15, 0.2) is 65.1 Å². The first-order chi connectivity index (χ1) is 10.7. The number of hydrogen-bond acceptors (Lipinski definition) is 3. The summed E-state index contributed by atoms with van der Waals surface area (Å²) in [6.07, 6.45) is 0. The molecule has 0 bridgehead atoms. The molecule has 1 heterocycles. The Labute approximate surface area is 143 Å². The van der Waals surface area contributed by atoms with Gasteiger partial charge in [-0.15, -0.1) is 12.4 Å². The van der Waals surface area contributed by atoms with E-state index in [1.54, 1.807) is 0 Å². The fourth-order valence-electron chi connectivity index (χ4n) is 2.31. The number of rotatable bonds is 5. The second kappa shape index (κ2) is 7.95. The van der Waals surface area contributed by atoms with Gasteiger partial charge in [-0.3, -0.25) is 0 Å². The van der Waals surface area contributed by atoms with E-state index in [1.807, 2.05) is 48.5 Å². The Kier molecular flexibility index (Phi) is 5.97. The number of aromatic nitrogens is 1. The van der Waals surface area contributed by atoms with E-state index in [2.05, 4.69) is 31.3 Å². The summed E-state index contributed by atoms with van der Waals surface area (Å²) in [7, 11) is 0. The standard InChI is InChI=1S/C19H20N2O.ClH/c1-14(2)20-13-17-21-18(15-9-5-3-6-10-15)19(22-17)16-11-7-4-8-12-16;/h3-12,14,20H,13H2,1-2H3;1H. The van der Waals surface area contributed by atoms with Crippen LogP contribution in [-0.4, -0.2) is 11.0 Å². The van der Waals surface area contributed by atoms with Crippen LogP contribution in [0.4, 0.5) is 0 Å². The average molecular weight is 329 g/mol. The lowest BCUT2D eigenvalue weighted by Gasteiger charge is -2.03. The molecule has 0 aliphatic heterocycles. The first-order valence-corrected chi connectivity index (χ1v) is 7.58. The monoisotopic (exact) mass is 328 g/mol. The summed E-state index contributed by atoms with van der Waals surface area (Å²) in [6, 6.07) is 20.7. The third kappa shape index (κ3) is 4.21. The van der Waals surface area contributed by atoms with Gasteiger partial charge in [0.05, 0.1) is 6.54 Å². The summed E-state index contributed by atoms with van der Waals surface area (Å²) in [6.45, 7) is 4.85. The minimum atomic E-state index is 0. The van der Waals surface area contributed by atoms with E-state index in [0.29, 0.717) is 18.5 Å². The van der Waals surface area contributed by atoms with Crippen LogP contribution in [0.25, 0.3) is 22.6 Å². The molecule has 1 N–H and O–H groups in total. The predicted octanol–water partition coefficient (Wildman–Crippen LogP) is 4.93. The fraction of sp³-hybridized carbons (Fsp3) is 0.211. The number of nitrogens with zero attached hydrogens (tertiary/aromatic N) is 1. The molecule has 0 saturated heterocycles. The maximum Gasteiger partial charge on any atom is 0.209 e. The lowest BCUT2D eigenvalue weighted by atomic mass is 10.1. The van der Waals surface area contributed by atoms with Gasteiger partial charge in [0.15, 0.2) is 5.76 Å². The van der Waals surface area contributed by atoms with Crippen molar-refractivity contribution in [2.45, 2.75) is 26.4 Å². The summed E-state index contributed by atoms with van der Waals surface area (Å²) in [5.74, 6) is 1.54. The van der Waals surface area contributed by atoms with Crippen molar-refractivity contribution in [2.24, 2.45) is 0 Å². The van der Waals surface area contributed by atoms with Crippen molar-refractivity contribution in [3.63, 3.8) is 0 Å². The molecule has 1 aromatic heterocycles. The fourth-order valence-corrected chi connectivity index (χ4v) is 2.31. The summed E-state index contributed by atoms with van der Waals surface area (Å²) >= 11 is 0. The zero-order valence-electron chi connectivity index (χ0n) is 13.3. The quantitative estimate of drug-likeness (QED) is 0.721. The number of nitrogens with one attached hydrogen (secondary N) is 1. The van der Waals surface area contributed by atoms with Crippen molar-refractivity contribution in [3.8, 4) is 22.6 Å². The molecule has 0 radical (unpaired) electrons. The summed E-state index contributed by atoms with van der Waals surface area (Å²) < 4.78 is 6.03. The molecule has 0 unspecified atom stereocenters. The summed E-state index contributed by atoms with van der Waals surface area (Å²) in [5.41, 5.74) is 3.01. The smallest absolute Gasteiger partial charge is 0.209 e. The Hall–Kier alpha value is -2.10. The number of hydrogen-bond donors (Lipinski definition) is 1. The Morgan fingerprint density at radius 1 is 0.913 bits per heavy atom. The highest BCUT2D eigenvalue weighted by atomic mass is 35.5. The third-order valence-corrected chi connectivity index (χ3v) is 3.42. The normalized spacial score (nSPS) is 10.6. The molecule has 0 spiro atoms. The molecule has 3 nitrogen and oxygen atoms in total. The molecule has 3 aromatic rings. The topological polar surface area (TPSA) is 38.1 Å². The van der Waals surface area contributed by atoms with E-state index >= 15 is 0 Å². The number of benzene rings is 2. The van der Waals surface area contributed by atoms with Gasteiger partial charge in [-0.1, -0.05) is 74.5 Å². The van der Waals surface area contributed by atoms with E-state index < -0.39 is 0 Å². The highest BCUT2D eigenvalue weighted by Crippen LogP contribution is 2.32. The van der Waals surface area contributed by atoms with Gasteiger partial charge in [0.25, 0.3) is 0 Å². The van der Waals surface area contributed by atoms with Crippen LogP contribution < -0.4 is 5.32 Å². The van der Waals surface area contributed by atoms with Crippen LogP contribution in [-0.2, 0) is 6.54 Å². The van der Waals surface area contributed by atoms with Gasteiger partial charge in [0.1, 0.15) is 5.69 Å². The van der Waals surface area contributed by atoms with Gasteiger partial charge >= 0.3 is 0 Å². The van der Waals surface area contributed by atoms with Gasteiger partial charge in [0.2, 0.25) is 5.89 Å². The van der Waals surface area contributed by atoms with Crippen LogP contribution in [0, 0.1) is 0 Å². The van der Waals surface area contributed by atoms with Gasteiger partial charge in [0, 0.05) is 17.2 Å². The maximum atomic E-state index is 6.03. The lowest BCUT2D eigenvalue weighted by molar-refractivity contribution is 0.459. The maximum absolute atomic E-state index is 6.03. The molecular weight excluding hydrogens is 308 g/mol. The molecule has 0 atom stereocenters. The van der Waals surface area contributed by atoms with Crippen LogP contribution in [0.3, 0.4) is 0 Å². The van der Waals surface area contributed by atoms with Gasteiger partial charge in [-0.05, 0) is 0 Å². The summed E-state index contributed by atoms with van der Waals surface area (Å²) in [5, 5.41) is 3.35. The van der Waals surface area contributed by atoms with Crippen LogP contribution in [0.5, 0.6) is 0 Å². The van der Waals surface area contributed by atoms with Gasteiger partial charge in [-0.2, -0.15) is 0 Å². The average Bonchev–Trinajstić information content (AvgIpc) is 2.99. The Morgan fingerprint density at radius 2 is 1.48 bits per heavy atom. The molecule has 0 fully saturated rings. The second-order valence-corrected chi connectivity index (χ2v) is 5.55. The Morgan fingerprint density at radius 3 is 2.04 bits per heavy atom. The van der Waals surface area contributed by atoms with Crippen molar-refractivity contribution in [3.05, 3.63) is 66.6 Å². The molecule has 0 saturated carbocycles. The molecule has 0 aliphatic carbocycles. The SMILES string of the molecule is CC(C)NCc1nc(-c2ccccc2)c(-c2ccccc2)o1.Cl. The largest absolute Gasteiger partial charge is 0.439 e. The lowest BCUT2D eigenvalue weighted by Crippen LogP contribution is -2.21. The van der Waals surface area contributed by atoms with Crippen LogP contribution in [0.2, 0.25) is 0 Å². The molecule has 4 heteroatoms. The molecule has 2 aromatic carbocycles. The van der Waals surface area contributed by atoms with E-state index in [0.717, 1.165) is 22.6 Å². The molecular formula is C19H21ClN2O.